The summed E-state index contributed by atoms with van der Waals surface area (Å²) < 4.78 is 6.52. The first kappa shape index (κ1) is 12.0. The lowest BCUT2D eigenvalue weighted by Gasteiger charge is -2.09. The summed E-state index contributed by atoms with van der Waals surface area (Å²) in [5.74, 6) is 0.341. The molecule has 0 saturated heterocycles. The molecule has 0 spiro atoms. The van der Waals surface area contributed by atoms with Crippen LogP contribution in [0, 0.1) is 3.57 Å². The molecule has 86 valence electrons. The standard InChI is InChI=1S/C13H9IO3/c14-10-2-1-3-12(7-10)17-8-9-6-11(15)4-5-13(9)16/h1-7H,8H2. The van der Waals surface area contributed by atoms with Crippen LogP contribution in [0.1, 0.15) is 0 Å². The highest BCUT2D eigenvalue weighted by molar-refractivity contribution is 14.1. The molecule has 4 heteroatoms. The molecule has 0 fully saturated rings. The normalized spacial score (nSPS) is 14.8. The molecule has 1 aromatic rings. The second-order valence-electron chi connectivity index (χ2n) is 3.52. The van der Waals surface area contributed by atoms with E-state index in [-0.39, 0.29) is 18.2 Å². The predicted molar refractivity (Wildman–Crippen MR) is 71.9 cm³/mol. The Kier molecular flexibility index (Phi) is 3.73. The molecule has 0 N–H and O–H groups in total. The number of ketones is 2. The van der Waals surface area contributed by atoms with Crippen LogP contribution in [0.25, 0.3) is 0 Å². The number of ether oxygens (including phenoxy) is 1. The Labute approximate surface area is 112 Å². The van der Waals surface area contributed by atoms with Gasteiger partial charge in [0, 0.05) is 9.14 Å². The fourth-order valence-corrected chi connectivity index (χ4v) is 1.90. The van der Waals surface area contributed by atoms with E-state index in [1.165, 1.54) is 18.2 Å². The summed E-state index contributed by atoms with van der Waals surface area (Å²) in [4.78, 5) is 22.6. The van der Waals surface area contributed by atoms with Crippen molar-refractivity contribution in [3.05, 3.63) is 51.6 Å². The van der Waals surface area contributed by atoms with Crippen LogP contribution in [0.2, 0.25) is 0 Å². The van der Waals surface area contributed by atoms with Crippen molar-refractivity contribution in [1.82, 2.24) is 0 Å². The van der Waals surface area contributed by atoms with Gasteiger partial charge in [0.25, 0.3) is 0 Å². The van der Waals surface area contributed by atoms with Gasteiger partial charge in [-0.3, -0.25) is 9.59 Å². The van der Waals surface area contributed by atoms with Gasteiger partial charge in [-0.05, 0) is 59.0 Å². The Bertz CT molecular complexity index is 529. The first-order chi connectivity index (χ1) is 8.15. The van der Waals surface area contributed by atoms with Crippen molar-refractivity contribution in [1.29, 1.82) is 0 Å². The molecule has 0 aliphatic heterocycles. The molecule has 0 aromatic heterocycles. The summed E-state index contributed by atoms with van der Waals surface area (Å²) >= 11 is 2.18. The number of carbonyl (C=O) groups excluding carboxylic acids is 2. The largest absolute Gasteiger partial charge is 0.489 e. The summed E-state index contributed by atoms with van der Waals surface area (Å²) in [6.45, 7) is 0.120. The number of rotatable bonds is 3. The fourth-order valence-electron chi connectivity index (χ4n) is 1.39. The topological polar surface area (TPSA) is 43.4 Å². The molecule has 0 unspecified atom stereocenters. The van der Waals surface area contributed by atoms with Gasteiger partial charge in [0.05, 0.1) is 0 Å². The van der Waals surface area contributed by atoms with E-state index in [0.717, 1.165) is 3.57 Å². The minimum absolute atomic E-state index is 0.120. The second-order valence-corrected chi connectivity index (χ2v) is 4.76. The van der Waals surface area contributed by atoms with Crippen molar-refractivity contribution in [3.63, 3.8) is 0 Å². The summed E-state index contributed by atoms with van der Waals surface area (Å²) in [6.07, 6.45) is 3.85. The fraction of sp³-hybridized carbons (Fsp3) is 0.0769. The molecule has 0 bridgehead atoms. The van der Waals surface area contributed by atoms with Crippen LogP contribution < -0.4 is 4.74 Å². The zero-order chi connectivity index (χ0) is 12.3. The van der Waals surface area contributed by atoms with Gasteiger partial charge < -0.3 is 4.74 Å². The molecule has 0 radical (unpaired) electrons. The molecule has 1 aromatic carbocycles. The maximum Gasteiger partial charge on any atom is 0.185 e. The molecular formula is C13H9IO3. The molecule has 0 amide bonds. The number of carbonyl (C=O) groups is 2. The molecule has 0 heterocycles. The predicted octanol–water partition coefficient (Wildman–Crippen LogP) is 2.30. The number of halogens is 1. The molecule has 0 atom stereocenters. The van der Waals surface area contributed by atoms with Gasteiger partial charge in [-0.1, -0.05) is 6.07 Å². The third-order valence-corrected chi connectivity index (χ3v) is 2.89. The summed E-state index contributed by atoms with van der Waals surface area (Å²) in [5.41, 5.74) is 0.386. The first-order valence-corrected chi connectivity index (χ1v) is 6.08. The Morgan fingerprint density at radius 2 is 2.00 bits per heavy atom. The molecule has 3 nitrogen and oxygen atoms in total. The van der Waals surface area contributed by atoms with Crippen LogP contribution in [0.4, 0.5) is 0 Å². The van der Waals surface area contributed by atoms with E-state index in [1.807, 2.05) is 24.3 Å². The van der Waals surface area contributed by atoms with E-state index in [1.54, 1.807) is 0 Å². The average molecular weight is 340 g/mol. The Hall–Kier alpha value is -1.43. The van der Waals surface area contributed by atoms with Gasteiger partial charge >= 0.3 is 0 Å². The monoisotopic (exact) mass is 340 g/mol. The van der Waals surface area contributed by atoms with Crippen molar-refractivity contribution in [2.24, 2.45) is 0 Å². The quantitative estimate of drug-likeness (QED) is 0.627. The lowest BCUT2D eigenvalue weighted by atomic mass is 10.0. The lowest BCUT2D eigenvalue weighted by molar-refractivity contribution is -0.114. The minimum atomic E-state index is -0.175. The van der Waals surface area contributed by atoms with Crippen LogP contribution in [0.5, 0.6) is 5.75 Å². The van der Waals surface area contributed by atoms with Crippen molar-refractivity contribution in [2.75, 3.05) is 6.61 Å². The van der Waals surface area contributed by atoms with Crippen molar-refractivity contribution < 1.29 is 14.3 Å². The highest BCUT2D eigenvalue weighted by Crippen LogP contribution is 2.16. The second kappa shape index (κ2) is 5.27. The van der Waals surface area contributed by atoms with Crippen LogP contribution in [-0.4, -0.2) is 18.2 Å². The number of hydrogen-bond donors (Lipinski definition) is 0. The highest BCUT2D eigenvalue weighted by atomic mass is 127. The number of allylic oxidation sites excluding steroid dienone is 3. The first-order valence-electron chi connectivity index (χ1n) is 5.00. The molecule has 2 rings (SSSR count). The van der Waals surface area contributed by atoms with Gasteiger partial charge in [0.2, 0.25) is 0 Å². The lowest BCUT2D eigenvalue weighted by Crippen LogP contribution is -2.14. The van der Waals surface area contributed by atoms with E-state index >= 15 is 0 Å². The van der Waals surface area contributed by atoms with E-state index in [0.29, 0.717) is 11.3 Å². The van der Waals surface area contributed by atoms with Crippen molar-refractivity contribution >= 4 is 34.2 Å². The average Bonchev–Trinajstić information content (AvgIpc) is 2.30. The third-order valence-electron chi connectivity index (χ3n) is 2.22. The maximum atomic E-state index is 11.4. The van der Waals surface area contributed by atoms with E-state index < -0.39 is 0 Å². The highest BCUT2D eigenvalue weighted by Gasteiger charge is 2.13. The summed E-state index contributed by atoms with van der Waals surface area (Å²) in [7, 11) is 0. The third kappa shape index (κ3) is 3.26. The van der Waals surface area contributed by atoms with Gasteiger partial charge in [-0.2, -0.15) is 0 Å². The molecule has 0 saturated carbocycles. The summed E-state index contributed by atoms with van der Waals surface area (Å²) in [6, 6.07) is 7.50. The van der Waals surface area contributed by atoms with Gasteiger partial charge in [-0.15, -0.1) is 0 Å². The van der Waals surface area contributed by atoms with Crippen LogP contribution in [0.3, 0.4) is 0 Å². The zero-order valence-electron chi connectivity index (χ0n) is 8.85. The van der Waals surface area contributed by atoms with Crippen LogP contribution >= 0.6 is 22.6 Å². The van der Waals surface area contributed by atoms with Crippen molar-refractivity contribution in [2.45, 2.75) is 0 Å². The SMILES string of the molecule is O=C1C=CC(=O)C(COc2cccc(I)c2)=C1. The van der Waals surface area contributed by atoms with Gasteiger partial charge in [0.15, 0.2) is 11.6 Å². The number of hydrogen-bond acceptors (Lipinski definition) is 3. The van der Waals surface area contributed by atoms with Gasteiger partial charge in [0.1, 0.15) is 12.4 Å². The van der Waals surface area contributed by atoms with Gasteiger partial charge in [-0.25, -0.2) is 0 Å². The molecular weight excluding hydrogens is 331 g/mol. The molecule has 1 aliphatic carbocycles. The Morgan fingerprint density at radius 1 is 1.18 bits per heavy atom. The van der Waals surface area contributed by atoms with Crippen LogP contribution in [-0.2, 0) is 9.59 Å². The van der Waals surface area contributed by atoms with Crippen molar-refractivity contribution in [3.8, 4) is 5.75 Å². The number of benzene rings is 1. The minimum Gasteiger partial charge on any atom is -0.489 e. The smallest absolute Gasteiger partial charge is 0.185 e. The zero-order valence-corrected chi connectivity index (χ0v) is 11.0. The Balaban J connectivity index is 2.03. The molecule has 17 heavy (non-hydrogen) atoms. The van der Waals surface area contributed by atoms with E-state index in [2.05, 4.69) is 22.6 Å². The maximum absolute atomic E-state index is 11.4. The van der Waals surface area contributed by atoms with E-state index in [9.17, 15) is 9.59 Å². The Morgan fingerprint density at radius 3 is 2.76 bits per heavy atom. The molecule has 1 aliphatic rings. The summed E-state index contributed by atoms with van der Waals surface area (Å²) in [5, 5.41) is 0. The van der Waals surface area contributed by atoms with E-state index in [4.69, 9.17) is 4.74 Å². The van der Waals surface area contributed by atoms with Crippen LogP contribution in [0.15, 0.2) is 48.1 Å².